The van der Waals surface area contributed by atoms with Gasteiger partial charge < -0.3 is 5.32 Å². The van der Waals surface area contributed by atoms with Gasteiger partial charge in [0.25, 0.3) is 0 Å². The monoisotopic (exact) mass is 268 g/mol. The number of thioether (sulfide) groups is 1. The lowest BCUT2D eigenvalue weighted by atomic mass is 10.0. The molecule has 0 amide bonds. The topological polar surface area (TPSA) is 24.4 Å². The van der Waals surface area contributed by atoms with Gasteiger partial charge in [-0.05, 0) is 31.0 Å². The molecule has 2 rings (SSSR count). The molecule has 92 valence electrons. The molecule has 2 nitrogen and oxygen atoms in total. The van der Waals surface area contributed by atoms with Crippen LogP contribution in [0.25, 0.3) is 0 Å². The fraction of sp³-hybridized carbons (Fsp3) is 0.462. The molecule has 1 fully saturated rings. The predicted molar refractivity (Wildman–Crippen MR) is 76.9 cm³/mol. The molecular formula is C13H17ClN2S. The minimum absolute atomic E-state index is 0.206. The molecule has 1 atom stereocenters. The Labute approximate surface area is 112 Å². The van der Waals surface area contributed by atoms with Gasteiger partial charge in [0.15, 0.2) is 5.17 Å². The molecule has 17 heavy (non-hydrogen) atoms. The van der Waals surface area contributed by atoms with Crippen LogP contribution >= 0.6 is 23.4 Å². The van der Waals surface area contributed by atoms with Crippen LogP contribution in [0, 0.1) is 0 Å². The summed E-state index contributed by atoms with van der Waals surface area (Å²) >= 11 is 7.74. The molecule has 0 bridgehead atoms. The third-order valence-corrected chi connectivity index (χ3v) is 4.53. The van der Waals surface area contributed by atoms with Crippen molar-refractivity contribution in [3.8, 4) is 0 Å². The first-order chi connectivity index (χ1) is 8.11. The highest BCUT2D eigenvalue weighted by molar-refractivity contribution is 8.14. The molecule has 4 heteroatoms. The lowest BCUT2D eigenvalue weighted by molar-refractivity contribution is 0.466. The van der Waals surface area contributed by atoms with Crippen molar-refractivity contribution in [1.29, 1.82) is 0 Å². The molecule has 1 heterocycles. The number of nitrogens with zero attached hydrogens (tertiary/aromatic N) is 1. The Morgan fingerprint density at radius 2 is 2.35 bits per heavy atom. The molecule has 0 radical (unpaired) electrons. The first-order valence-electron chi connectivity index (χ1n) is 5.81. The molecule has 0 aromatic heterocycles. The first-order valence-corrected chi connectivity index (χ1v) is 7.17. The van der Waals surface area contributed by atoms with Gasteiger partial charge in [-0.25, -0.2) is 0 Å². The van der Waals surface area contributed by atoms with E-state index in [1.54, 1.807) is 11.8 Å². The highest BCUT2D eigenvalue weighted by Gasteiger charge is 2.30. The van der Waals surface area contributed by atoms with E-state index in [4.69, 9.17) is 11.6 Å². The van der Waals surface area contributed by atoms with E-state index in [1.165, 1.54) is 0 Å². The van der Waals surface area contributed by atoms with Crippen LogP contribution in [0.4, 0.5) is 0 Å². The minimum atomic E-state index is 0.206. The average molecular weight is 269 g/mol. The van der Waals surface area contributed by atoms with E-state index in [1.807, 2.05) is 18.2 Å². The van der Waals surface area contributed by atoms with Crippen molar-refractivity contribution in [1.82, 2.24) is 5.32 Å². The summed E-state index contributed by atoms with van der Waals surface area (Å²) in [7, 11) is 0. The number of benzene rings is 1. The third-order valence-electron chi connectivity index (χ3n) is 3.01. The van der Waals surface area contributed by atoms with Gasteiger partial charge in [0, 0.05) is 16.3 Å². The van der Waals surface area contributed by atoms with E-state index in [0.717, 1.165) is 27.9 Å². The van der Waals surface area contributed by atoms with Crippen molar-refractivity contribution < 1.29 is 0 Å². The second kappa shape index (κ2) is 5.32. The second-order valence-corrected chi connectivity index (χ2v) is 5.98. The van der Waals surface area contributed by atoms with E-state index in [2.05, 4.69) is 30.2 Å². The largest absolute Gasteiger partial charge is 0.359 e. The summed E-state index contributed by atoms with van der Waals surface area (Å²) in [4.78, 5) is 4.59. The summed E-state index contributed by atoms with van der Waals surface area (Å²) in [5.74, 6) is 1.10. The number of aliphatic imine (C=N–C) groups is 1. The SMILES string of the molecule is CCC1(C)CSC(=NCc2cccc(Cl)c2)N1. The van der Waals surface area contributed by atoms with Crippen LogP contribution < -0.4 is 5.32 Å². The first kappa shape index (κ1) is 12.8. The van der Waals surface area contributed by atoms with Crippen LogP contribution in [-0.4, -0.2) is 16.5 Å². The van der Waals surface area contributed by atoms with Crippen LogP contribution in [0.1, 0.15) is 25.8 Å². The number of hydrogen-bond donors (Lipinski definition) is 1. The Morgan fingerprint density at radius 1 is 1.53 bits per heavy atom. The summed E-state index contributed by atoms with van der Waals surface area (Å²) in [5.41, 5.74) is 1.36. The van der Waals surface area contributed by atoms with Crippen molar-refractivity contribution in [3.05, 3.63) is 34.9 Å². The van der Waals surface area contributed by atoms with Crippen molar-refractivity contribution in [3.63, 3.8) is 0 Å². The van der Waals surface area contributed by atoms with Gasteiger partial charge in [-0.3, -0.25) is 4.99 Å². The van der Waals surface area contributed by atoms with E-state index >= 15 is 0 Å². The number of hydrogen-bond acceptors (Lipinski definition) is 2. The van der Waals surface area contributed by atoms with E-state index < -0.39 is 0 Å². The standard InChI is InChI=1S/C13H17ClN2S/c1-3-13(2)9-17-12(16-13)15-8-10-5-4-6-11(14)7-10/h4-7H,3,8-9H2,1-2H3,(H,15,16). The molecule has 1 N–H and O–H groups in total. The summed E-state index contributed by atoms with van der Waals surface area (Å²) in [5, 5.41) is 5.30. The maximum Gasteiger partial charge on any atom is 0.157 e. The van der Waals surface area contributed by atoms with Gasteiger partial charge in [0.05, 0.1) is 6.54 Å². The van der Waals surface area contributed by atoms with Gasteiger partial charge in [0.1, 0.15) is 0 Å². The van der Waals surface area contributed by atoms with Gasteiger partial charge >= 0.3 is 0 Å². The Bertz CT molecular complexity index is 433. The van der Waals surface area contributed by atoms with Crippen molar-refractivity contribution in [2.24, 2.45) is 4.99 Å². The predicted octanol–water partition coefficient (Wildman–Crippen LogP) is 3.70. The maximum atomic E-state index is 5.94. The molecule has 0 spiro atoms. The van der Waals surface area contributed by atoms with Crippen LogP contribution in [0.3, 0.4) is 0 Å². The number of amidine groups is 1. The second-order valence-electron chi connectivity index (χ2n) is 4.58. The summed E-state index contributed by atoms with van der Waals surface area (Å²) in [6.45, 7) is 5.13. The molecule has 1 aliphatic heterocycles. The lowest BCUT2D eigenvalue weighted by Crippen LogP contribution is -2.39. The fourth-order valence-corrected chi connectivity index (χ4v) is 3.05. The summed E-state index contributed by atoms with van der Waals surface area (Å²) in [6.07, 6.45) is 1.12. The number of nitrogens with one attached hydrogen (secondary N) is 1. The Kier molecular flexibility index (Phi) is 4.00. The highest BCUT2D eigenvalue weighted by atomic mass is 35.5. The molecule has 1 aliphatic rings. The molecule has 1 unspecified atom stereocenters. The van der Waals surface area contributed by atoms with E-state index in [0.29, 0.717) is 6.54 Å². The van der Waals surface area contributed by atoms with Crippen LogP contribution in [-0.2, 0) is 6.54 Å². The zero-order valence-electron chi connectivity index (χ0n) is 10.2. The Balaban J connectivity index is 1.98. The smallest absolute Gasteiger partial charge is 0.157 e. The molecular weight excluding hydrogens is 252 g/mol. The fourth-order valence-electron chi connectivity index (χ4n) is 1.63. The van der Waals surface area contributed by atoms with Crippen molar-refractivity contribution in [2.45, 2.75) is 32.4 Å². The highest BCUT2D eigenvalue weighted by Crippen LogP contribution is 2.25. The zero-order valence-corrected chi connectivity index (χ0v) is 11.7. The molecule has 1 aromatic rings. The molecule has 1 saturated heterocycles. The zero-order chi connectivity index (χ0) is 12.3. The van der Waals surface area contributed by atoms with E-state index in [-0.39, 0.29) is 5.54 Å². The maximum absolute atomic E-state index is 5.94. The van der Waals surface area contributed by atoms with Crippen LogP contribution in [0.2, 0.25) is 5.02 Å². The van der Waals surface area contributed by atoms with Crippen molar-refractivity contribution in [2.75, 3.05) is 5.75 Å². The number of halogens is 1. The molecule has 0 aliphatic carbocycles. The average Bonchev–Trinajstić information content (AvgIpc) is 2.70. The Hall–Kier alpha value is -0.670. The normalized spacial score (nSPS) is 26.2. The number of rotatable bonds is 3. The van der Waals surface area contributed by atoms with Crippen LogP contribution in [0.15, 0.2) is 29.3 Å². The molecule has 0 saturated carbocycles. The Morgan fingerprint density at radius 3 is 3.00 bits per heavy atom. The lowest BCUT2D eigenvalue weighted by Gasteiger charge is -2.20. The van der Waals surface area contributed by atoms with Gasteiger partial charge in [-0.1, -0.05) is 42.4 Å². The van der Waals surface area contributed by atoms with E-state index in [9.17, 15) is 0 Å². The van der Waals surface area contributed by atoms with Crippen LogP contribution in [0.5, 0.6) is 0 Å². The summed E-state index contributed by atoms with van der Waals surface area (Å²) < 4.78 is 0. The summed E-state index contributed by atoms with van der Waals surface area (Å²) in [6, 6.07) is 7.86. The minimum Gasteiger partial charge on any atom is -0.359 e. The van der Waals surface area contributed by atoms with Crippen molar-refractivity contribution >= 4 is 28.5 Å². The third kappa shape index (κ3) is 3.39. The van der Waals surface area contributed by atoms with Gasteiger partial charge in [-0.2, -0.15) is 0 Å². The van der Waals surface area contributed by atoms with Gasteiger partial charge in [0.2, 0.25) is 0 Å². The molecule has 1 aromatic carbocycles. The van der Waals surface area contributed by atoms with Gasteiger partial charge in [-0.15, -0.1) is 0 Å². The quantitative estimate of drug-likeness (QED) is 0.904.